The van der Waals surface area contributed by atoms with Crippen molar-refractivity contribution in [2.45, 2.75) is 17.6 Å². The number of hydrogen-bond donors (Lipinski definition) is 2. The van der Waals surface area contributed by atoms with Crippen LogP contribution in [0.3, 0.4) is 0 Å². The molecule has 31 heavy (non-hydrogen) atoms. The average Bonchev–Trinajstić information content (AvgIpc) is 3.35. The van der Waals surface area contributed by atoms with E-state index in [-0.39, 0.29) is 28.2 Å². The highest BCUT2D eigenvalue weighted by Gasteiger charge is 2.27. The number of hydrazone groups is 1. The van der Waals surface area contributed by atoms with Gasteiger partial charge in [-0.05, 0) is 36.8 Å². The van der Waals surface area contributed by atoms with Crippen LogP contribution in [0, 0.1) is 6.92 Å². The number of nitrogens with one attached hydrogen (secondary N) is 2. The second-order valence-electron chi connectivity index (χ2n) is 6.50. The number of urea groups is 1. The Balaban J connectivity index is 1.43. The van der Waals surface area contributed by atoms with Crippen molar-refractivity contribution in [3.63, 3.8) is 0 Å². The Kier molecular flexibility index (Phi) is 5.48. The van der Waals surface area contributed by atoms with Gasteiger partial charge in [0, 0.05) is 4.88 Å². The van der Waals surface area contributed by atoms with Crippen LogP contribution in [0.2, 0.25) is 0 Å². The van der Waals surface area contributed by atoms with Crippen LogP contribution in [0.1, 0.15) is 16.9 Å². The molecule has 1 aliphatic heterocycles. The van der Waals surface area contributed by atoms with Crippen molar-refractivity contribution < 1.29 is 18.0 Å². The van der Waals surface area contributed by atoms with Crippen molar-refractivity contribution >= 4 is 50.6 Å². The summed E-state index contributed by atoms with van der Waals surface area (Å²) in [5.74, 6) is -0.0646. The molecule has 2 aromatic heterocycles. The highest BCUT2D eigenvalue weighted by atomic mass is 32.2. The Hall–Kier alpha value is -3.64. The standard InChI is InChI=1S/C19H16N6O4S2/c1-12-7-10-18(30-12)31(28,29)24-19(27)20-15-8-9-16(22-21-15)25-17(26)11-14(23-25)13-5-3-2-4-6-13/h2-10H,11H2,1H3,(H2,20,21,24,27). The van der Waals surface area contributed by atoms with Crippen LogP contribution >= 0.6 is 11.3 Å². The summed E-state index contributed by atoms with van der Waals surface area (Å²) in [6.07, 6.45) is 0.133. The van der Waals surface area contributed by atoms with E-state index in [0.29, 0.717) is 5.71 Å². The Labute approximate surface area is 181 Å². The minimum atomic E-state index is -3.98. The lowest BCUT2D eigenvalue weighted by Crippen LogP contribution is -2.34. The zero-order chi connectivity index (χ0) is 22.0. The highest BCUT2D eigenvalue weighted by molar-refractivity contribution is 7.92. The minimum absolute atomic E-state index is 0.0118. The molecule has 1 aliphatic rings. The summed E-state index contributed by atoms with van der Waals surface area (Å²) in [6.45, 7) is 1.76. The fraction of sp³-hybridized carbons (Fsp3) is 0.105. The van der Waals surface area contributed by atoms with E-state index in [0.717, 1.165) is 26.8 Å². The molecule has 0 radical (unpaired) electrons. The molecular formula is C19H16N6O4S2. The number of rotatable bonds is 5. The molecule has 158 valence electrons. The van der Waals surface area contributed by atoms with Gasteiger partial charge in [-0.3, -0.25) is 10.1 Å². The summed E-state index contributed by atoms with van der Waals surface area (Å²) in [4.78, 5) is 25.2. The number of benzene rings is 1. The third-order valence-corrected chi connectivity index (χ3v) is 7.02. The first-order valence-corrected chi connectivity index (χ1v) is 11.3. The molecule has 2 N–H and O–H groups in total. The van der Waals surface area contributed by atoms with E-state index in [1.165, 1.54) is 18.2 Å². The van der Waals surface area contributed by atoms with Gasteiger partial charge in [0.25, 0.3) is 15.9 Å². The van der Waals surface area contributed by atoms with Crippen molar-refractivity contribution in [3.05, 3.63) is 65.0 Å². The smallest absolute Gasteiger partial charge is 0.290 e. The lowest BCUT2D eigenvalue weighted by molar-refractivity contribution is -0.116. The van der Waals surface area contributed by atoms with Crippen LogP contribution in [-0.2, 0) is 14.8 Å². The molecule has 0 atom stereocenters. The van der Waals surface area contributed by atoms with Crippen LogP contribution in [0.4, 0.5) is 16.4 Å². The lowest BCUT2D eigenvalue weighted by Gasteiger charge is -2.10. The van der Waals surface area contributed by atoms with E-state index in [1.807, 2.05) is 35.1 Å². The summed E-state index contributed by atoms with van der Waals surface area (Å²) in [6, 6.07) is 14.2. The largest absolute Gasteiger partial charge is 0.334 e. The second kappa shape index (κ2) is 8.24. The summed E-state index contributed by atoms with van der Waals surface area (Å²) in [5, 5.41) is 15.5. The number of nitrogens with zero attached hydrogens (tertiary/aromatic N) is 4. The van der Waals surface area contributed by atoms with Crippen LogP contribution in [0.15, 0.2) is 63.9 Å². The van der Waals surface area contributed by atoms with Crippen LogP contribution in [0.25, 0.3) is 0 Å². The number of aryl methyl sites for hydroxylation is 1. The number of anilines is 2. The maximum atomic E-state index is 12.3. The Morgan fingerprint density at radius 1 is 1.06 bits per heavy atom. The number of sulfonamides is 1. The molecule has 3 aromatic rings. The molecule has 1 aromatic carbocycles. The van der Waals surface area contributed by atoms with Crippen molar-refractivity contribution in [1.29, 1.82) is 0 Å². The summed E-state index contributed by atoms with van der Waals surface area (Å²) < 4.78 is 26.3. The summed E-state index contributed by atoms with van der Waals surface area (Å²) >= 11 is 1.05. The number of carbonyl (C=O) groups excluding carboxylic acids is 2. The van der Waals surface area contributed by atoms with Gasteiger partial charge in [0.1, 0.15) is 4.21 Å². The van der Waals surface area contributed by atoms with Gasteiger partial charge in [-0.25, -0.2) is 17.9 Å². The molecule has 4 rings (SSSR count). The Morgan fingerprint density at radius 2 is 1.84 bits per heavy atom. The molecule has 10 nitrogen and oxygen atoms in total. The van der Waals surface area contributed by atoms with Crippen LogP contribution in [0.5, 0.6) is 0 Å². The van der Waals surface area contributed by atoms with E-state index in [4.69, 9.17) is 0 Å². The predicted molar refractivity (Wildman–Crippen MR) is 116 cm³/mol. The van der Waals surface area contributed by atoms with Gasteiger partial charge in [-0.15, -0.1) is 21.5 Å². The Morgan fingerprint density at radius 3 is 2.48 bits per heavy atom. The molecule has 3 heterocycles. The molecule has 0 fully saturated rings. The molecule has 0 unspecified atom stereocenters. The van der Waals surface area contributed by atoms with Gasteiger partial charge >= 0.3 is 6.03 Å². The molecule has 0 saturated heterocycles. The third-order valence-electron chi connectivity index (χ3n) is 4.20. The fourth-order valence-corrected chi connectivity index (χ4v) is 4.97. The van der Waals surface area contributed by atoms with E-state index in [2.05, 4.69) is 20.6 Å². The quantitative estimate of drug-likeness (QED) is 0.606. The van der Waals surface area contributed by atoms with Gasteiger partial charge in [-0.2, -0.15) is 10.1 Å². The molecule has 0 bridgehead atoms. The number of hydrogen-bond acceptors (Lipinski definition) is 8. The van der Waals surface area contributed by atoms with Gasteiger partial charge in [-0.1, -0.05) is 30.3 Å². The fourth-order valence-electron chi connectivity index (χ4n) is 2.77. The van der Waals surface area contributed by atoms with Crippen molar-refractivity contribution in [2.75, 3.05) is 10.3 Å². The number of amides is 3. The number of aromatic nitrogens is 2. The van der Waals surface area contributed by atoms with E-state index in [9.17, 15) is 18.0 Å². The van der Waals surface area contributed by atoms with Crippen molar-refractivity contribution in [2.24, 2.45) is 5.10 Å². The zero-order valence-corrected chi connectivity index (χ0v) is 17.8. The second-order valence-corrected chi connectivity index (χ2v) is 9.69. The van der Waals surface area contributed by atoms with Gasteiger partial charge in [0.05, 0.1) is 12.1 Å². The monoisotopic (exact) mass is 456 g/mol. The maximum absolute atomic E-state index is 12.3. The highest BCUT2D eigenvalue weighted by Crippen LogP contribution is 2.22. The van der Waals surface area contributed by atoms with Gasteiger partial charge in [0.2, 0.25) is 0 Å². The van der Waals surface area contributed by atoms with E-state index < -0.39 is 16.1 Å². The van der Waals surface area contributed by atoms with E-state index >= 15 is 0 Å². The molecular weight excluding hydrogens is 440 g/mol. The molecule has 0 saturated carbocycles. The van der Waals surface area contributed by atoms with Crippen LogP contribution in [-0.4, -0.2) is 36.3 Å². The average molecular weight is 457 g/mol. The Bertz CT molecular complexity index is 1270. The zero-order valence-electron chi connectivity index (χ0n) is 16.1. The SMILES string of the molecule is Cc1ccc(S(=O)(=O)NC(=O)Nc2ccc(N3N=C(c4ccccc4)CC3=O)nn2)s1. The first kappa shape index (κ1) is 20.6. The first-order valence-electron chi connectivity index (χ1n) is 9.02. The van der Waals surface area contributed by atoms with Crippen molar-refractivity contribution in [1.82, 2.24) is 14.9 Å². The summed E-state index contributed by atoms with van der Waals surface area (Å²) in [7, 11) is -3.98. The van der Waals surface area contributed by atoms with Gasteiger partial charge < -0.3 is 0 Å². The van der Waals surface area contributed by atoms with Crippen LogP contribution < -0.4 is 15.0 Å². The minimum Gasteiger partial charge on any atom is -0.290 e. The van der Waals surface area contributed by atoms with Crippen molar-refractivity contribution in [3.8, 4) is 0 Å². The first-order chi connectivity index (χ1) is 14.8. The van der Waals surface area contributed by atoms with E-state index in [1.54, 1.807) is 13.0 Å². The summed E-state index contributed by atoms with van der Waals surface area (Å²) in [5.41, 5.74) is 1.45. The normalized spacial score (nSPS) is 13.8. The van der Waals surface area contributed by atoms with Gasteiger partial charge in [0.15, 0.2) is 11.6 Å². The third kappa shape index (κ3) is 4.59. The maximum Gasteiger partial charge on any atom is 0.334 e. The number of thiophene rings is 1. The number of carbonyl (C=O) groups is 2. The lowest BCUT2D eigenvalue weighted by atomic mass is 10.1. The molecule has 0 spiro atoms. The molecule has 0 aliphatic carbocycles. The molecule has 3 amide bonds. The molecule has 12 heteroatoms. The topological polar surface area (TPSA) is 134 Å². The predicted octanol–water partition coefficient (Wildman–Crippen LogP) is 2.50.